The summed E-state index contributed by atoms with van der Waals surface area (Å²) in [5.41, 5.74) is -0.137. The molecule has 2 N–H and O–H groups in total. The molecule has 2 heterocycles. The fourth-order valence-electron chi connectivity index (χ4n) is 3.64. The monoisotopic (exact) mass is 320 g/mol. The zero-order valence-electron chi connectivity index (χ0n) is 13.0. The Morgan fingerprint density at radius 3 is 2.52 bits per heavy atom. The number of ether oxygens (including phenoxy) is 2. The second-order valence-corrected chi connectivity index (χ2v) is 6.42. The van der Waals surface area contributed by atoms with Crippen LogP contribution < -0.4 is 0 Å². The third kappa shape index (κ3) is 2.72. The Morgan fingerprint density at radius 1 is 1.22 bits per heavy atom. The fraction of sp³-hybridized carbons (Fsp3) is 0.529. The summed E-state index contributed by atoms with van der Waals surface area (Å²) in [6.45, 7) is 3.93. The SMILES string of the molecule is CC1C[C@@H]2O[C@H]1C(C)[C@H](O)[C@@H]2OC(=O)c1ccccc1C(=O)O. The molecule has 2 unspecified atom stereocenters. The lowest BCUT2D eigenvalue weighted by molar-refractivity contribution is -0.170. The van der Waals surface area contributed by atoms with E-state index in [0.717, 1.165) is 0 Å². The molecule has 0 radical (unpaired) electrons. The lowest BCUT2D eigenvalue weighted by Crippen LogP contribution is -2.51. The zero-order chi connectivity index (χ0) is 16.7. The minimum Gasteiger partial charge on any atom is -0.478 e. The smallest absolute Gasteiger partial charge is 0.339 e. The van der Waals surface area contributed by atoms with Crippen LogP contribution in [0.1, 0.15) is 41.0 Å². The predicted molar refractivity (Wildman–Crippen MR) is 80.2 cm³/mol. The minimum absolute atomic E-state index is 0.0204. The number of aromatic carboxylic acids is 1. The van der Waals surface area contributed by atoms with E-state index in [1.807, 2.05) is 6.92 Å². The minimum atomic E-state index is -1.19. The van der Waals surface area contributed by atoms with Crippen molar-refractivity contribution in [3.63, 3.8) is 0 Å². The van der Waals surface area contributed by atoms with E-state index in [2.05, 4.69) is 6.92 Å². The second-order valence-electron chi connectivity index (χ2n) is 6.42. The van der Waals surface area contributed by atoms with Crippen molar-refractivity contribution in [1.82, 2.24) is 0 Å². The fourth-order valence-corrected chi connectivity index (χ4v) is 3.64. The van der Waals surface area contributed by atoms with Gasteiger partial charge in [0.05, 0.1) is 29.4 Å². The summed E-state index contributed by atoms with van der Waals surface area (Å²) in [6, 6.07) is 5.88. The van der Waals surface area contributed by atoms with Gasteiger partial charge in [-0.15, -0.1) is 0 Å². The van der Waals surface area contributed by atoms with E-state index in [1.54, 1.807) is 12.1 Å². The van der Waals surface area contributed by atoms with E-state index < -0.39 is 24.1 Å². The van der Waals surface area contributed by atoms with Gasteiger partial charge < -0.3 is 19.7 Å². The molecule has 2 fully saturated rings. The van der Waals surface area contributed by atoms with Crippen molar-refractivity contribution in [2.75, 3.05) is 0 Å². The average Bonchev–Trinajstić information content (AvgIpc) is 2.88. The van der Waals surface area contributed by atoms with E-state index in [0.29, 0.717) is 12.3 Å². The van der Waals surface area contributed by atoms with Crippen LogP contribution in [0, 0.1) is 11.8 Å². The lowest BCUT2D eigenvalue weighted by Gasteiger charge is -2.38. The van der Waals surface area contributed by atoms with Crippen LogP contribution in [0.2, 0.25) is 0 Å². The maximum atomic E-state index is 12.4. The van der Waals surface area contributed by atoms with Crippen molar-refractivity contribution in [3.05, 3.63) is 35.4 Å². The van der Waals surface area contributed by atoms with Crippen LogP contribution in [0.25, 0.3) is 0 Å². The first kappa shape index (κ1) is 16.0. The third-order valence-corrected chi connectivity index (χ3v) is 4.88. The third-order valence-electron chi connectivity index (χ3n) is 4.88. The number of rotatable bonds is 3. The largest absolute Gasteiger partial charge is 0.478 e. The van der Waals surface area contributed by atoms with Gasteiger partial charge in [0.1, 0.15) is 0 Å². The van der Waals surface area contributed by atoms with Gasteiger partial charge in [0, 0.05) is 5.92 Å². The van der Waals surface area contributed by atoms with Crippen molar-refractivity contribution in [2.45, 2.75) is 44.7 Å². The average molecular weight is 320 g/mol. The van der Waals surface area contributed by atoms with Crippen molar-refractivity contribution < 1.29 is 29.3 Å². The maximum Gasteiger partial charge on any atom is 0.339 e. The van der Waals surface area contributed by atoms with Gasteiger partial charge in [0.25, 0.3) is 0 Å². The van der Waals surface area contributed by atoms with Crippen LogP contribution in [0.3, 0.4) is 0 Å². The molecule has 3 rings (SSSR count). The summed E-state index contributed by atoms with van der Waals surface area (Å²) >= 11 is 0. The Morgan fingerprint density at radius 2 is 1.87 bits per heavy atom. The molecule has 6 heteroatoms. The maximum absolute atomic E-state index is 12.4. The van der Waals surface area contributed by atoms with Gasteiger partial charge in [-0.2, -0.15) is 0 Å². The van der Waals surface area contributed by atoms with Crippen molar-refractivity contribution in [3.8, 4) is 0 Å². The molecule has 23 heavy (non-hydrogen) atoms. The number of aliphatic hydroxyl groups is 1. The summed E-state index contributed by atoms with van der Waals surface area (Å²) in [7, 11) is 0. The molecular weight excluding hydrogens is 300 g/mol. The van der Waals surface area contributed by atoms with E-state index in [9.17, 15) is 19.8 Å². The molecule has 2 aliphatic heterocycles. The van der Waals surface area contributed by atoms with E-state index >= 15 is 0 Å². The summed E-state index contributed by atoms with van der Waals surface area (Å²) in [5, 5.41) is 19.6. The first-order valence-corrected chi connectivity index (χ1v) is 7.77. The normalized spacial score (nSPS) is 35.8. The summed E-state index contributed by atoms with van der Waals surface area (Å²) in [6.07, 6.45) is -1.26. The number of hydrogen-bond acceptors (Lipinski definition) is 5. The van der Waals surface area contributed by atoms with Gasteiger partial charge >= 0.3 is 11.9 Å². The molecule has 6 nitrogen and oxygen atoms in total. The van der Waals surface area contributed by atoms with Gasteiger partial charge in [0.2, 0.25) is 0 Å². The molecule has 1 aromatic carbocycles. The number of benzene rings is 1. The molecule has 2 saturated heterocycles. The number of carboxylic acid groups (broad SMARTS) is 1. The zero-order valence-corrected chi connectivity index (χ0v) is 13.0. The van der Waals surface area contributed by atoms with E-state index in [-0.39, 0.29) is 29.3 Å². The first-order valence-electron chi connectivity index (χ1n) is 7.77. The number of hydrogen-bond donors (Lipinski definition) is 2. The predicted octanol–water partition coefficient (Wildman–Crippen LogP) is 1.71. The topological polar surface area (TPSA) is 93.1 Å². The molecule has 0 aromatic heterocycles. The van der Waals surface area contributed by atoms with Gasteiger partial charge in [-0.05, 0) is 24.5 Å². The summed E-state index contributed by atoms with van der Waals surface area (Å²) in [4.78, 5) is 23.6. The molecule has 2 bridgehead atoms. The second kappa shape index (κ2) is 5.94. The van der Waals surface area contributed by atoms with E-state index in [1.165, 1.54) is 12.1 Å². The van der Waals surface area contributed by atoms with Crippen LogP contribution in [0.5, 0.6) is 0 Å². The highest BCUT2D eigenvalue weighted by atomic mass is 16.6. The summed E-state index contributed by atoms with van der Waals surface area (Å²) in [5.74, 6) is -1.79. The first-order chi connectivity index (χ1) is 10.9. The van der Waals surface area contributed by atoms with Crippen LogP contribution >= 0.6 is 0 Å². The Balaban J connectivity index is 1.82. The molecule has 1 aromatic rings. The van der Waals surface area contributed by atoms with Gasteiger partial charge in [-0.3, -0.25) is 0 Å². The molecule has 124 valence electrons. The van der Waals surface area contributed by atoms with Crippen molar-refractivity contribution in [2.24, 2.45) is 11.8 Å². The van der Waals surface area contributed by atoms with Gasteiger partial charge in [0.15, 0.2) is 6.10 Å². The van der Waals surface area contributed by atoms with E-state index in [4.69, 9.17) is 9.47 Å². The number of fused-ring (bicyclic) bond motifs is 2. The molecule has 0 amide bonds. The Labute approximate surface area is 134 Å². The molecule has 2 aliphatic rings. The van der Waals surface area contributed by atoms with Crippen LogP contribution in [-0.2, 0) is 9.47 Å². The van der Waals surface area contributed by atoms with Crippen LogP contribution in [0.4, 0.5) is 0 Å². The number of carbonyl (C=O) groups excluding carboxylic acids is 1. The quantitative estimate of drug-likeness (QED) is 0.824. The van der Waals surface area contributed by atoms with Crippen molar-refractivity contribution >= 4 is 11.9 Å². The Bertz CT molecular complexity index is 625. The van der Waals surface area contributed by atoms with Crippen molar-refractivity contribution in [1.29, 1.82) is 0 Å². The van der Waals surface area contributed by atoms with Crippen LogP contribution in [0.15, 0.2) is 24.3 Å². The Kier molecular flexibility index (Phi) is 4.12. The molecule has 0 spiro atoms. The molecule has 6 atom stereocenters. The van der Waals surface area contributed by atoms with Crippen LogP contribution in [-0.4, -0.2) is 46.6 Å². The number of carbonyl (C=O) groups is 2. The highest BCUT2D eigenvalue weighted by Gasteiger charge is 2.52. The number of carboxylic acids is 1. The number of esters is 1. The molecular formula is C17H20O6. The highest BCUT2D eigenvalue weighted by Crippen LogP contribution is 2.41. The Hall–Kier alpha value is -1.92. The number of aliphatic hydroxyl groups excluding tert-OH is 1. The standard InChI is InChI=1S/C17H20O6/c1-8-7-12-15(13(18)9(2)14(8)22-12)23-17(21)11-6-4-3-5-10(11)16(19)20/h3-6,8-9,12-15,18H,7H2,1-2H3,(H,19,20)/t8?,9?,12-,13-,14+,15+/m0/s1. The highest BCUT2D eigenvalue weighted by molar-refractivity contribution is 6.02. The lowest BCUT2D eigenvalue weighted by atomic mass is 9.89. The molecule has 0 aliphatic carbocycles. The summed E-state index contributed by atoms with van der Waals surface area (Å²) < 4.78 is 11.3. The van der Waals surface area contributed by atoms with Gasteiger partial charge in [-0.25, -0.2) is 9.59 Å². The molecule has 0 saturated carbocycles. The van der Waals surface area contributed by atoms with Gasteiger partial charge in [-0.1, -0.05) is 26.0 Å².